The summed E-state index contributed by atoms with van der Waals surface area (Å²) in [6.45, 7) is 4.91. The predicted octanol–water partition coefficient (Wildman–Crippen LogP) is 4.32. The molecular weight excluding hydrogens is 532 g/mol. The van der Waals surface area contributed by atoms with Gasteiger partial charge in [0, 0.05) is 35.4 Å². The smallest absolute Gasteiger partial charge is 0.213 e. The molecule has 218 valence electrons. The van der Waals surface area contributed by atoms with E-state index in [9.17, 15) is 24.8 Å². The van der Waals surface area contributed by atoms with Crippen LogP contribution in [0.3, 0.4) is 0 Å². The topological polar surface area (TPSA) is 112 Å². The van der Waals surface area contributed by atoms with E-state index in [1.807, 2.05) is 32.0 Å². The van der Waals surface area contributed by atoms with Gasteiger partial charge in [-0.25, -0.2) is 13.8 Å². The Morgan fingerprint density at radius 1 is 1.05 bits per heavy atom. The lowest BCUT2D eigenvalue weighted by molar-refractivity contribution is -0.104. The molecule has 3 aromatic rings. The Morgan fingerprint density at radius 3 is 2.41 bits per heavy atom. The first-order chi connectivity index (χ1) is 19.5. The van der Waals surface area contributed by atoms with Crippen molar-refractivity contribution in [3.05, 3.63) is 76.0 Å². The van der Waals surface area contributed by atoms with Crippen molar-refractivity contribution in [2.24, 2.45) is 17.8 Å². The third kappa shape index (κ3) is 5.09. The van der Waals surface area contributed by atoms with Crippen LogP contribution in [0.15, 0.2) is 36.5 Å². The standard InChI is InChI=1S/C32H35F2NO6/c1-15-4-20(41-21-9-19(10-21)32(3,39)14-36)5-16(2)28(15)22-7-18(25(33)11-26(22)34)13-40-27-8-17-6-23-29(24(17)12-35-27)30(23)31(37)38/h4-5,7-8,11-12,19,21,23,29-31,36-39H,6,9-10,13-14H2,1-3H3/t19-,21+,23-,29-,30+,32+/m1/s1. The molecule has 4 atom stereocenters. The quantitative estimate of drug-likeness (QED) is 0.285. The van der Waals surface area contributed by atoms with Gasteiger partial charge in [-0.15, -0.1) is 0 Å². The predicted molar refractivity (Wildman–Crippen MR) is 146 cm³/mol. The first-order valence-corrected chi connectivity index (χ1v) is 14.0. The number of rotatable bonds is 9. The number of hydrogen-bond donors (Lipinski definition) is 4. The van der Waals surface area contributed by atoms with E-state index in [2.05, 4.69) is 4.98 Å². The number of fused-ring (bicyclic) bond motifs is 3. The number of aromatic nitrogens is 1. The van der Waals surface area contributed by atoms with Crippen LogP contribution in [-0.4, -0.2) is 50.0 Å². The molecule has 41 heavy (non-hydrogen) atoms. The highest BCUT2D eigenvalue weighted by Crippen LogP contribution is 2.62. The molecule has 2 aromatic carbocycles. The monoisotopic (exact) mass is 567 g/mol. The second kappa shape index (κ2) is 10.3. The molecule has 0 aliphatic heterocycles. The highest BCUT2D eigenvalue weighted by atomic mass is 19.1. The summed E-state index contributed by atoms with van der Waals surface area (Å²) in [5.41, 5.74) is 3.61. The number of nitrogens with zero attached hydrogens (tertiary/aromatic N) is 1. The number of pyridine rings is 1. The Kier molecular flexibility index (Phi) is 7.05. The summed E-state index contributed by atoms with van der Waals surface area (Å²) < 4.78 is 41.8. The molecule has 4 N–H and O–H groups in total. The largest absolute Gasteiger partial charge is 0.490 e. The highest BCUT2D eigenvalue weighted by Gasteiger charge is 2.58. The molecule has 1 aromatic heterocycles. The van der Waals surface area contributed by atoms with Crippen molar-refractivity contribution >= 4 is 0 Å². The molecule has 9 heteroatoms. The lowest BCUT2D eigenvalue weighted by atomic mass is 9.72. The molecule has 0 amide bonds. The van der Waals surface area contributed by atoms with Crippen LogP contribution in [0.4, 0.5) is 8.78 Å². The number of hydrogen-bond acceptors (Lipinski definition) is 7. The Hall–Kier alpha value is -3.11. The van der Waals surface area contributed by atoms with Crippen LogP contribution in [0.2, 0.25) is 0 Å². The molecular formula is C32H35F2NO6. The minimum absolute atomic E-state index is 0.0295. The lowest BCUT2D eigenvalue weighted by Crippen LogP contribution is -2.49. The normalized spacial score (nSPS) is 25.8. The SMILES string of the molecule is Cc1cc(O[C@H]2C[C@@H]([C@@](C)(O)CO)C2)cc(C)c1-c1cc(COc2cc3c(cn2)[C@H]2[C@@H](C3)[C@@H]2C(O)O)c(F)cc1F. The Bertz CT molecular complexity index is 1460. The summed E-state index contributed by atoms with van der Waals surface area (Å²) in [4.78, 5) is 4.34. The van der Waals surface area contributed by atoms with E-state index in [1.165, 1.54) is 6.07 Å². The zero-order chi connectivity index (χ0) is 29.2. The molecule has 0 radical (unpaired) electrons. The van der Waals surface area contributed by atoms with Gasteiger partial charge in [0.15, 0.2) is 6.29 Å². The summed E-state index contributed by atoms with van der Waals surface area (Å²) in [5, 5.41) is 38.6. The zero-order valence-corrected chi connectivity index (χ0v) is 23.3. The van der Waals surface area contributed by atoms with Crippen molar-refractivity contribution in [1.29, 1.82) is 0 Å². The fourth-order valence-electron chi connectivity index (χ4n) is 6.76. The van der Waals surface area contributed by atoms with Crippen molar-refractivity contribution in [3.8, 4) is 22.8 Å². The molecule has 0 unspecified atom stereocenters. The molecule has 3 aliphatic rings. The molecule has 6 rings (SSSR count). The fraction of sp³-hybridized carbons (Fsp3) is 0.469. The molecule has 2 fully saturated rings. The number of aliphatic hydroxyl groups is 4. The van der Waals surface area contributed by atoms with Crippen LogP contribution >= 0.6 is 0 Å². The average Bonchev–Trinajstić information content (AvgIpc) is 3.48. The van der Waals surface area contributed by atoms with E-state index >= 15 is 4.39 Å². The summed E-state index contributed by atoms with van der Waals surface area (Å²) in [7, 11) is 0. The van der Waals surface area contributed by atoms with Gasteiger partial charge in [-0.05, 0) is 104 Å². The van der Waals surface area contributed by atoms with E-state index in [4.69, 9.17) is 9.47 Å². The van der Waals surface area contributed by atoms with Crippen molar-refractivity contribution in [1.82, 2.24) is 4.98 Å². The Balaban J connectivity index is 1.16. The second-order valence-corrected chi connectivity index (χ2v) is 12.2. The molecule has 1 heterocycles. The maximum Gasteiger partial charge on any atom is 0.213 e. The van der Waals surface area contributed by atoms with Crippen LogP contribution in [0.5, 0.6) is 11.6 Å². The van der Waals surface area contributed by atoms with Crippen LogP contribution in [0.1, 0.15) is 53.5 Å². The van der Waals surface area contributed by atoms with Gasteiger partial charge in [0.2, 0.25) is 5.88 Å². The van der Waals surface area contributed by atoms with Gasteiger partial charge < -0.3 is 29.9 Å². The first-order valence-electron chi connectivity index (χ1n) is 14.0. The van der Waals surface area contributed by atoms with Crippen molar-refractivity contribution in [2.75, 3.05) is 6.61 Å². The Labute approximate surface area is 237 Å². The van der Waals surface area contributed by atoms with Crippen LogP contribution < -0.4 is 9.47 Å². The number of ether oxygens (including phenoxy) is 2. The van der Waals surface area contributed by atoms with Gasteiger partial charge >= 0.3 is 0 Å². The molecule has 0 saturated heterocycles. The summed E-state index contributed by atoms with van der Waals surface area (Å²) in [5.74, 6) is -0.257. The first kappa shape index (κ1) is 28.0. The maximum atomic E-state index is 15.1. The minimum atomic E-state index is -1.33. The number of aliphatic hydroxyl groups excluding tert-OH is 2. The lowest BCUT2D eigenvalue weighted by Gasteiger charge is -2.43. The zero-order valence-electron chi connectivity index (χ0n) is 23.3. The summed E-state index contributed by atoms with van der Waals surface area (Å²) in [6.07, 6.45) is 2.28. The van der Waals surface area contributed by atoms with Gasteiger partial charge in [0.25, 0.3) is 0 Å². The fourth-order valence-corrected chi connectivity index (χ4v) is 6.76. The van der Waals surface area contributed by atoms with Crippen LogP contribution in [0, 0.1) is 43.2 Å². The maximum absolute atomic E-state index is 15.1. The van der Waals surface area contributed by atoms with Crippen LogP contribution in [-0.2, 0) is 13.0 Å². The minimum Gasteiger partial charge on any atom is -0.490 e. The van der Waals surface area contributed by atoms with E-state index in [0.29, 0.717) is 30.0 Å². The van der Waals surface area contributed by atoms with Crippen molar-refractivity contribution in [3.63, 3.8) is 0 Å². The molecule has 2 saturated carbocycles. The number of halogens is 2. The average molecular weight is 568 g/mol. The second-order valence-electron chi connectivity index (χ2n) is 12.2. The number of benzene rings is 2. The van der Waals surface area contributed by atoms with Gasteiger partial charge in [0.1, 0.15) is 24.0 Å². The van der Waals surface area contributed by atoms with Gasteiger partial charge in [-0.3, -0.25) is 0 Å². The van der Waals surface area contributed by atoms with Crippen molar-refractivity contribution < 1.29 is 38.7 Å². The van der Waals surface area contributed by atoms with E-state index < -0.39 is 23.5 Å². The third-order valence-electron chi connectivity index (χ3n) is 9.27. The summed E-state index contributed by atoms with van der Waals surface area (Å²) in [6, 6.07) is 7.83. The van der Waals surface area contributed by atoms with Gasteiger partial charge in [-0.2, -0.15) is 0 Å². The number of aryl methyl sites for hydroxylation is 2. The van der Waals surface area contributed by atoms with Crippen molar-refractivity contribution in [2.45, 2.75) is 70.6 Å². The van der Waals surface area contributed by atoms with E-state index in [1.54, 1.807) is 13.1 Å². The molecule has 3 aliphatic carbocycles. The molecule has 0 bridgehead atoms. The van der Waals surface area contributed by atoms with Gasteiger partial charge in [-0.1, -0.05) is 0 Å². The third-order valence-corrected chi connectivity index (χ3v) is 9.27. The summed E-state index contributed by atoms with van der Waals surface area (Å²) >= 11 is 0. The molecule has 0 spiro atoms. The molecule has 7 nitrogen and oxygen atoms in total. The van der Waals surface area contributed by atoms with Crippen LogP contribution in [0.25, 0.3) is 11.1 Å². The van der Waals surface area contributed by atoms with E-state index in [0.717, 1.165) is 34.7 Å². The highest BCUT2D eigenvalue weighted by molar-refractivity contribution is 5.73. The van der Waals surface area contributed by atoms with E-state index in [-0.39, 0.29) is 54.1 Å². The van der Waals surface area contributed by atoms with Gasteiger partial charge in [0.05, 0.1) is 18.3 Å². The Morgan fingerprint density at radius 2 is 1.76 bits per heavy atom.